The van der Waals surface area contributed by atoms with Crippen LogP contribution in [-0.2, 0) is 0 Å². The van der Waals surface area contributed by atoms with Crippen LogP contribution in [0.3, 0.4) is 0 Å². The highest BCUT2D eigenvalue weighted by Crippen LogP contribution is 2.33. The number of hydrogen-bond acceptors (Lipinski definition) is 6. The SMILES string of the molecule is Cc1cc(C)nc(C(=O)Nc2cnn3ccc(-c4ccccc4OC(F)(F)F)nc23)n1. The van der Waals surface area contributed by atoms with Crippen molar-refractivity contribution in [1.29, 1.82) is 0 Å². The van der Waals surface area contributed by atoms with Crippen LogP contribution in [0.15, 0.2) is 48.8 Å². The van der Waals surface area contributed by atoms with Gasteiger partial charge in [0.2, 0.25) is 5.82 Å². The highest BCUT2D eigenvalue weighted by atomic mass is 19.4. The lowest BCUT2D eigenvalue weighted by Gasteiger charge is -2.13. The molecule has 0 aliphatic rings. The van der Waals surface area contributed by atoms with E-state index in [4.69, 9.17) is 0 Å². The van der Waals surface area contributed by atoms with Crippen molar-refractivity contribution in [3.8, 4) is 17.0 Å². The molecule has 0 aliphatic carbocycles. The third kappa shape index (κ3) is 4.44. The van der Waals surface area contributed by atoms with Crippen LogP contribution in [-0.4, -0.2) is 36.8 Å². The summed E-state index contributed by atoms with van der Waals surface area (Å²) in [5.41, 5.74) is 2.11. The number of benzene rings is 1. The molecule has 4 aromatic rings. The van der Waals surface area contributed by atoms with Crippen molar-refractivity contribution in [3.05, 3.63) is 66.0 Å². The van der Waals surface area contributed by atoms with Crippen LogP contribution < -0.4 is 10.1 Å². The Labute approximate surface area is 173 Å². The zero-order valence-corrected chi connectivity index (χ0v) is 16.3. The molecule has 1 aromatic carbocycles. The first-order valence-electron chi connectivity index (χ1n) is 9.03. The summed E-state index contributed by atoms with van der Waals surface area (Å²) in [6.07, 6.45) is -1.95. The molecule has 0 unspecified atom stereocenters. The number of ether oxygens (including phenoxy) is 1. The lowest BCUT2D eigenvalue weighted by atomic mass is 10.1. The Morgan fingerprint density at radius 3 is 2.48 bits per heavy atom. The predicted molar refractivity (Wildman–Crippen MR) is 105 cm³/mol. The molecular formula is C20H15F3N6O2. The van der Waals surface area contributed by atoms with Crippen molar-refractivity contribution in [1.82, 2.24) is 24.6 Å². The van der Waals surface area contributed by atoms with Crippen molar-refractivity contribution in [3.63, 3.8) is 0 Å². The maximum atomic E-state index is 12.7. The average Bonchev–Trinajstić information content (AvgIpc) is 3.08. The normalized spacial score (nSPS) is 11.5. The highest BCUT2D eigenvalue weighted by Gasteiger charge is 2.32. The number of carbonyl (C=O) groups is 1. The van der Waals surface area contributed by atoms with Crippen molar-refractivity contribution in [2.45, 2.75) is 20.2 Å². The molecule has 3 heterocycles. The summed E-state index contributed by atoms with van der Waals surface area (Å²) in [7, 11) is 0. The second-order valence-corrected chi connectivity index (χ2v) is 6.61. The maximum Gasteiger partial charge on any atom is 0.573 e. The number of aryl methyl sites for hydroxylation is 2. The van der Waals surface area contributed by atoms with Gasteiger partial charge in [0.15, 0.2) is 5.65 Å². The van der Waals surface area contributed by atoms with Gasteiger partial charge in [-0.15, -0.1) is 13.2 Å². The van der Waals surface area contributed by atoms with Crippen molar-refractivity contribution >= 4 is 17.2 Å². The number of hydrogen-bond donors (Lipinski definition) is 1. The lowest BCUT2D eigenvalue weighted by Crippen LogP contribution is -2.17. The number of aromatic nitrogens is 5. The zero-order valence-electron chi connectivity index (χ0n) is 16.3. The summed E-state index contributed by atoms with van der Waals surface area (Å²) >= 11 is 0. The van der Waals surface area contributed by atoms with Crippen molar-refractivity contribution in [2.24, 2.45) is 0 Å². The second kappa shape index (κ2) is 7.67. The fourth-order valence-electron chi connectivity index (χ4n) is 3.00. The van der Waals surface area contributed by atoms with E-state index in [1.54, 1.807) is 26.0 Å². The molecule has 8 nitrogen and oxygen atoms in total. The third-order valence-electron chi connectivity index (χ3n) is 4.19. The molecule has 0 bridgehead atoms. The van der Waals surface area contributed by atoms with Gasteiger partial charge in [-0.1, -0.05) is 12.1 Å². The van der Waals surface area contributed by atoms with Gasteiger partial charge in [0.1, 0.15) is 11.4 Å². The van der Waals surface area contributed by atoms with Crippen LogP contribution in [0.25, 0.3) is 16.9 Å². The minimum atomic E-state index is -4.85. The molecule has 0 fully saturated rings. The Hall–Kier alpha value is -4.02. The van der Waals surface area contributed by atoms with Crippen LogP contribution in [0.1, 0.15) is 22.0 Å². The molecule has 0 spiro atoms. The summed E-state index contributed by atoms with van der Waals surface area (Å²) in [5.74, 6) is -0.966. The molecule has 158 valence electrons. The van der Waals surface area contributed by atoms with E-state index in [-0.39, 0.29) is 34.2 Å². The topological polar surface area (TPSA) is 94.3 Å². The molecule has 4 rings (SSSR count). The summed E-state index contributed by atoms with van der Waals surface area (Å²) in [4.78, 5) is 25.2. The van der Waals surface area contributed by atoms with Gasteiger partial charge in [0, 0.05) is 23.1 Å². The molecule has 1 N–H and O–H groups in total. The first kappa shape index (κ1) is 20.3. The van der Waals surface area contributed by atoms with E-state index in [0.717, 1.165) is 0 Å². The third-order valence-corrected chi connectivity index (χ3v) is 4.19. The molecule has 0 saturated heterocycles. The second-order valence-electron chi connectivity index (χ2n) is 6.61. The lowest BCUT2D eigenvalue weighted by molar-refractivity contribution is -0.274. The van der Waals surface area contributed by atoms with Gasteiger partial charge in [0.05, 0.1) is 11.9 Å². The molecule has 0 saturated carbocycles. The van der Waals surface area contributed by atoms with Crippen molar-refractivity contribution < 1.29 is 22.7 Å². The summed E-state index contributed by atoms with van der Waals surface area (Å²) in [5, 5.41) is 6.75. The van der Waals surface area contributed by atoms with E-state index in [2.05, 4.69) is 30.1 Å². The Kier molecular flexibility index (Phi) is 5.01. The van der Waals surface area contributed by atoms with Gasteiger partial charge in [0.25, 0.3) is 5.91 Å². The number of nitrogens with zero attached hydrogens (tertiary/aromatic N) is 5. The number of fused-ring (bicyclic) bond motifs is 1. The van der Waals surface area contributed by atoms with E-state index in [9.17, 15) is 18.0 Å². The molecule has 1 amide bonds. The molecule has 0 atom stereocenters. The van der Waals surface area contributed by atoms with Crippen LogP contribution in [0, 0.1) is 13.8 Å². The monoisotopic (exact) mass is 428 g/mol. The number of alkyl halides is 3. The summed E-state index contributed by atoms with van der Waals surface area (Å²) < 4.78 is 43.7. The smallest absolute Gasteiger partial charge is 0.405 e. The maximum absolute atomic E-state index is 12.7. The van der Waals surface area contributed by atoms with Gasteiger partial charge >= 0.3 is 6.36 Å². The van der Waals surface area contributed by atoms with Crippen LogP contribution in [0.5, 0.6) is 5.75 Å². The van der Waals surface area contributed by atoms with E-state index >= 15 is 0 Å². The standard InChI is InChI=1S/C20H15F3N6O2/c1-11-9-12(2)26-17(25-11)19(30)28-15-10-24-29-8-7-14(27-18(15)29)13-5-3-4-6-16(13)31-20(21,22)23/h3-10H,1-2H3,(H,28,30). The molecule has 0 aliphatic heterocycles. The van der Waals surface area contributed by atoms with Gasteiger partial charge in [-0.05, 0) is 38.1 Å². The molecule has 11 heteroatoms. The summed E-state index contributed by atoms with van der Waals surface area (Å²) in [6, 6.07) is 8.89. The fraction of sp³-hybridized carbons (Fsp3) is 0.150. The minimum Gasteiger partial charge on any atom is -0.405 e. The Morgan fingerprint density at radius 1 is 1.06 bits per heavy atom. The van der Waals surface area contributed by atoms with E-state index in [1.165, 1.54) is 41.2 Å². The average molecular weight is 428 g/mol. The van der Waals surface area contributed by atoms with Crippen molar-refractivity contribution in [2.75, 3.05) is 5.32 Å². The largest absolute Gasteiger partial charge is 0.573 e. The number of para-hydroxylation sites is 1. The van der Waals surface area contributed by atoms with E-state index < -0.39 is 12.3 Å². The number of halogens is 3. The first-order chi connectivity index (χ1) is 14.7. The highest BCUT2D eigenvalue weighted by molar-refractivity contribution is 6.03. The van der Waals surface area contributed by atoms with Gasteiger partial charge in [-0.25, -0.2) is 19.5 Å². The number of nitrogens with one attached hydrogen (secondary N) is 1. The quantitative estimate of drug-likeness (QED) is 0.529. The first-order valence-corrected chi connectivity index (χ1v) is 9.03. The molecule has 0 radical (unpaired) electrons. The zero-order chi connectivity index (χ0) is 22.2. The fourth-order valence-corrected chi connectivity index (χ4v) is 3.00. The van der Waals surface area contributed by atoms with E-state index in [1.807, 2.05) is 0 Å². The van der Waals surface area contributed by atoms with Gasteiger partial charge in [-0.3, -0.25) is 4.79 Å². The Balaban J connectivity index is 1.70. The van der Waals surface area contributed by atoms with Crippen LogP contribution >= 0.6 is 0 Å². The van der Waals surface area contributed by atoms with Gasteiger partial charge in [-0.2, -0.15) is 5.10 Å². The van der Waals surface area contributed by atoms with E-state index in [0.29, 0.717) is 11.4 Å². The number of anilines is 1. The predicted octanol–water partition coefficient (Wildman–Crippen LogP) is 3.95. The number of carbonyl (C=O) groups excluding carboxylic acids is 1. The number of rotatable bonds is 4. The Morgan fingerprint density at radius 2 is 1.77 bits per heavy atom. The molecular weight excluding hydrogens is 413 g/mol. The number of amides is 1. The molecule has 3 aromatic heterocycles. The minimum absolute atomic E-state index is 0.0167. The molecule has 31 heavy (non-hydrogen) atoms. The van der Waals surface area contributed by atoms with Crippen LogP contribution in [0.4, 0.5) is 18.9 Å². The Bertz CT molecular complexity index is 1270. The van der Waals surface area contributed by atoms with Crippen LogP contribution in [0.2, 0.25) is 0 Å². The summed E-state index contributed by atoms with van der Waals surface area (Å²) in [6.45, 7) is 3.49. The van der Waals surface area contributed by atoms with Gasteiger partial charge < -0.3 is 10.1 Å².